The number of rotatable bonds is 3. The molecule has 0 atom stereocenters. The summed E-state index contributed by atoms with van der Waals surface area (Å²) >= 11 is 0. The van der Waals surface area contributed by atoms with Crippen molar-refractivity contribution in [2.24, 2.45) is 7.05 Å². The number of methoxy groups -OCH3 is 1. The number of hydrogen-bond acceptors (Lipinski definition) is 4. The van der Waals surface area contributed by atoms with Gasteiger partial charge in [0.1, 0.15) is 0 Å². The van der Waals surface area contributed by atoms with Crippen LogP contribution in [0.1, 0.15) is 10.4 Å². The van der Waals surface area contributed by atoms with Crippen LogP contribution in [0.3, 0.4) is 0 Å². The summed E-state index contributed by atoms with van der Waals surface area (Å²) in [6.07, 6.45) is 0. The van der Waals surface area contributed by atoms with Crippen molar-refractivity contribution in [2.45, 2.75) is 0 Å². The average molecular weight is 310 g/mol. The Morgan fingerprint density at radius 1 is 1.13 bits per heavy atom. The number of hydrogen-bond donors (Lipinski definition) is 0. The van der Waals surface area contributed by atoms with E-state index in [0.29, 0.717) is 22.2 Å². The molecule has 1 heterocycles. The van der Waals surface area contributed by atoms with Gasteiger partial charge in [-0.05, 0) is 12.1 Å². The third-order valence-corrected chi connectivity index (χ3v) is 3.85. The zero-order chi connectivity index (χ0) is 16.6. The molecule has 0 saturated heterocycles. The van der Waals surface area contributed by atoms with E-state index in [1.165, 1.54) is 13.2 Å². The van der Waals surface area contributed by atoms with Gasteiger partial charge in [-0.1, -0.05) is 30.3 Å². The van der Waals surface area contributed by atoms with E-state index in [-0.39, 0.29) is 5.69 Å². The van der Waals surface area contributed by atoms with Crippen LogP contribution in [0.5, 0.6) is 0 Å². The molecule has 1 aromatic heterocycles. The van der Waals surface area contributed by atoms with Gasteiger partial charge in [0.2, 0.25) is 0 Å². The standard InChI is InChI=1S/C17H14N2O4/c1-18-13-9-5-3-7-11(13)15(17(20)23-2)16(18)12-8-4-6-10-14(12)19(21)22/h3-10H,1-2H3. The summed E-state index contributed by atoms with van der Waals surface area (Å²) < 4.78 is 6.68. The number of carbonyl (C=O) groups excluding carboxylic acids is 1. The molecule has 0 aliphatic heterocycles. The lowest BCUT2D eigenvalue weighted by atomic mass is 10.0. The Morgan fingerprint density at radius 2 is 1.78 bits per heavy atom. The van der Waals surface area contributed by atoms with Crippen molar-refractivity contribution in [3.05, 3.63) is 64.2 Å². The lowest BCUT2D eigenvalue weighted by Gasteiger charge is -2.08. The highest BCUT2D eigenvalue weighted by Crippen LogP contribution is 2.37. The Hall–Kier alpha value is -3.15. The molecule has 3 rings (SSSR count). The molecule has 0 fully saturated rings. The van der Waals surface area contributed by atoms with Crippen molar-refractivity contribution in [3.63, 3.8) is 0 Å². The zero-order valence-electron chi connectivity index (χ0n) is 12.6. The Bertz CT molecular complexity index is 927. The number of carbonyl (C=O) groups is 1. The van der Waals surface area contributed by atoms with Crippen LogP contribution in [0.4, 0.5) is 5.69 Å². The maximum absolute atomic E-state index is 12.3. The summed E-state index contributed by atoms with van der Waals surface area (Å²) in [5.41, 5.74) is 1.95. The van der Waals surface area contributed by atoms with E-state index >= 15 is 0 Å². The van der Waals surface area contributed by atoms with E-state index < -0.39 is 10.9 Å². The van der Waals surface area contributed by atoms with Gasteiger partial charge >= 0.3 is 5.97 Å². The second-order valence-electron chi connectivity index (χ2n) is 5.07. The maximum Gasteiger partial charge on any atom is 0.340 e. The summed E-state index contributed by atoms with van der Waals surface area (Å²) in [5, 5.41) is 12.1. The predicted octanol–water partition coefficient (Wildman–Crippen LogP) is 3.54. The molecule has 0 radical (unpaired) electrons. The van der Waals surface area contributed by atoms with E-state index in [0.717, 1.165) is 5.52 Å². The number of nitrogens with zero attached hydrogens (tertiary/aromatic N) is 2. The van der Waals surface area contributed by atoms with Crippen LogP contribution in [0, 0.1) is 10.1 Å². The summed E-state index contributed by atoms with van der Waals surface area (Å²) in [6, 6.07) is 13.7. The number of benzene rings is 2. The van der Waals surface area contributed by atoms with Gasteiger partial charge in [-0.15, -0.1) is 0 Å². The normalized spacial score (nSPS) is 10.7. The molecule has 0 bridgehead atoms. The molecule has 6 heteroatoms. The van der Waals surface area contributed by atoms with Gasteiger partial charge < -0.3 is 9.30 Å². The first-order valence-corrected chi connectivity index (χ1v) is 6.95. The average Bonchev–Trinajstić information content (AvgIpc) is 2.87. The second kappa shape index (κ2) is 5.57. The first-order chi connectivity index (χ1) is 11.1. The predicted molar refractivity (Wildman–Crippen MR) is 86.3 cm³/mol. The third kappa shape index (κ3) is 2.24. The number of ether oxygens (including phenoxy) is 1. The maximum atomic E-state index is 12.3. The Balaban J connectivity index is 2.45. The fourth-order valence-electron chi connectivity index (χ4n) is 2.85. The van der Waals surface area contributed by atoms with Gasteiger partial charge in [0.05, 0.1) is 28.9 Å². The van der Waals surface area contributed by atoms with Crippen LogP contribution >= 0.6 is 0 Å². The third-order valence-electron chi connectivity index (χ3n) is 3.85. The molecule has 0 spiro atoms. The Kier molecular flexibility index (Phi) is 3.57. The zero-order valence-corrected chi connectivity index (χ0v) is 12.6. The van der Waals surface area contributed by atoms with Crippen LogP contribution in [0.15, 0.2) is 48.5 Å². The minimum Gasteiger partial charge on any atom is -0.465 e. The van der Waals surface area contributed by atoms with Gasteiger partial charge in [-0.2, -0.15) is 0 Å². The van der Waals surface area contributed by atoms with Crippen molar-refractivity contribution in [3.8, 4) is 11.3 Å². The number of aryl methyl sites for hydroxylation is 1. The first-order valence-electron chi connectivity index (χ1n) is 6.95. The lowest BCUT2D eigenvalue weighted by Crippen LogP contribution is -2.05. The molecule has 3 aromatic rings. The van der Waals surface area contributed by atoms with Gasteiger partial charge in [0.25, 0.3) is 5.69 Å². The molecule has 0 unspecified atom stereocenters. The highest BCUT2D eigenvalue weighted by atomic mass is 16.6. The molecule has 0 aliphatic rings. The number of esters is 1. The van der Waals surface area contributed by atoms with Gasteiger partial charge in [-0.3, -0.25) is 10.1 Å². The molecule has 0 saturated carbocycles. The van der Waals surface area contributed by atoms with Crippen LogP contribution in [-0.2, 0) is 11.8 Å². The van der Waals surface area contributed by atoms with Crippen molar-refractivity contribution in [1.82, 2.24) is 4.57 Å². The van der Waals surface area contributed by atoms with Gasteiger partial charge in [0, 0.05) is 24.0 Å². The van der Waals surface area contributed by atoms with Crippen LogP contribution in [0.2, 0.25) is 0 Å². The van der Waals surface area contributed by atoms with E-state index in [1.54, 1.807) is 35.9 Å². The second-order valence-corrected chi connectivity index (χ2v) is 5.07. The van der Waals surface area contributed by atoms with Gasteiger partial charge in [-0.25, -0.2) is 4.79 Å². The lowest BCUT2D eigenvalue weighted by molar-refractivity contribution is -0.384. The highest BCUT2D eigenvalue weighted by Gasteiger charge is 2.27. The molecule has 116 valence electrons. The molecule has 6 nitrogen and oxygen atoms in total. The Morgan fingerprint density at radius 3 is 2.48 bits per heavy atom. The van der Waals surface area contributed by atoms with E-state index in [2.05, 4.69) is 0 Å². The topological polar surface area (TPSA) is 74.4 Å². The van der Waals surface area contributed by atoms with Crippen LogP contribution in [0.25, 0.3) is 22.2 Å². The quantitative estimate of drug-likeness (QED) is 0.421. The minimum atomic E-state index is -0.519. The SMILES string of the molecule is COC(=O)c1c(-c2ccccc2[N+](=O)[O-])n(C)c2ccccc12. The molecule has 0 aliphatic carbocycles. The van der Waals surface area contributed by atoms with Crippen molar-refractivity contribution in [1.29, 1.82) is 0 Å². The van der Waals surface area contributed by atoms with E-state index in [1.807, 2.05) is 18.2 Å². The Labute approximate surface area is 132 Å². The number of nitro groups is 1. The van der Waals surface area contributed by atoms with E-state index in [9.17, 15) is 14.9 Å². The number of fused-ring (bicyclic) bond motifs is 1. The van der Waals surface area contributed by atoms with Crippen molar-refractivity contribution >= 4 is 22.6 Å². The summed E-state index contributed by atoms with van der Waals surface area (Å²) in [7, 11) is 3.08. The smallest absolute Gasteiger partial charge is 0.340 e. The van der Waals surface area contributed by atoms with Crippen molar-refractivity contribution < 1.29 is 14.5 Å². The summed E-state index contributed by atoms with van der Waals surface area (Å²) in [4.78, 5) is 23.2. The number of nitro benzene ring substituents is 1. The molecule has 23 heavy (non-hydrogen) atoms. The molecule has 0 amide bonds. The van der Waals surface area contributed by atoms with Crippen LogP contribution < -0.4 is 0 Å². The molecule has 0 N–H and O–H groups in total. The van der Waals surface area contributed by atoms with Crippen molar-refractivity contribution in [2.75, 3.05) is 7.11 Å². The minimum absolute atomic E-state index is 0.0523. The monoisotopic (exact) mass is 310 g/mol. The first kappa shape index (κ1) is 14.8. The number of aromatic nitrogens is 1. The fraction of sp³-hybridized carbons (Fsp3) is 0.118. The molecular weight excluding hydrogens is 296 g/mol. The summed E-state index contributed by atoms with van der Waals surface area (Å²) in [6.45, 7) is 0. The highest BCUT2D eigenvalue weighted by molar-refractivity contribution is 6.11. The largest absolute Gasteiger partial charge is 0.465 e. The van der Waals surface area contributed by atoms with E-state index in [4.69, 9.17) is 4.74 Å². The summed E-state index contributed by atoms with van der Waals surface area (Å²) in [5.74, 6) is -0.519. The fourth-order valence-corrected chi connectivity index (χ4v) is 2.85. The molecule has 2 aromatic carbocycles. The van der Waals surface area contributed by atoms with Crippen LogP contribution in [-0.4, -0.2) is 22.6 Å². The molecular formula is C17H14N2O4. The number of para-hydroxylation sites is 2. The van der Waals surface area contributed by atoms with Gasteiger partial charge in [0.15, 0.2) is 0 Å².